The Kier molecular flexibility index (Phi) is 1.29. The Morgan fingerprint density at radius 2 is 1.50 bits per heavy atom. The second-order valence-electron chi connectivity index (χ2n) is 5.15. The van der Waals surface area contributed by atoms with E-state index in [1.165, 1.54) is 23.8 Å². The highest BCUT2D eigenvalue weighted by Crippen LogP contribution is 2.65. The number of fused-ring (bicyclic) bond motifs is 1. The van der Waals surface area contributed by atoms with Crippen molar-refractivity contribution in [2.45, 2.75) is 44.4 Å². The molecule has 2 rings (SSSR count). The molecule has 2 atom stereocenters. The van der Waals surface area contributed by atoms with Crippen molar-refractivity contribution in [1.82, 2.24) is 0 Å². The standard InChI is InChI=1S/C9H18Si/c1-10(2,3)9-7-5-4-6-8(7)9/h7-9H,4-6H2,1-3H3/t7-,8-/m0/s1. The van der Waals surface area contributed by atoms with Crippen LogP contribution in [0.5, 0.6) is 0 Å². The zero-order valence-electron chi connectivity index (χ0n) is 7.35. The first-order chi connectivity index (χ1) is 4.61. The second kappa shape index (κ2) is 1.88. The summed E-state index contributed by atoms with van der Waals surface area (Å²) in [6, 6.07) is 0. The van der Waals surface area contributed by atoms with Crippen LogP contribution in [-0.4, -0.2) is 8.07 Å². The van der Waals surface area contributed by atoms with Crippen LogP contribution in [0, 0.1) is 11.8 Å². The molecule has 0 bridgehead atoms. The molecule has 2 aliphatic carbocycles. The first-order valence-corrected chi connectivity index (χ1v) is 8.18. The first kappa shape index (κ1) is 6.90. The molecule has 0 spiro atoms. The molecular formula is C9H18Si. The topological polar surface area (TPSA) is 0 Å². The van der Waals surface area contributed by atoms with Gasteiger partial charge in [0.15, 0.2) is 0 Å². The highest BCUT2D eigenvalue weighted by Gasteiger charge is 2.57. The van der Waals surface area contributed by atoms with E-state index in [9.17, 15) is 0 Å². The monoisotopic (exact) mass is 154 g/mol. The maximum atomic E-state index is 2.54. The Morgan fingerprint density at radius 1 is 1.00 bits per heavy atom. The Hall–Kier alpha value is 0.217. The van der Waals surface area contributed by atoms with Crippen LogP contribution in [0.3, 0.4) is 0 Å². The molecule has 2 aliphatic rings. The molecule has 58 valence electrons. The zero-order chi connectivity index (χ0) is 7.35. The van der Waals surface area contributed by atoms with Crippen molar-refractivity contribution in [3.8, 4) is 0 Å². The van der Waals surface area contributed by atoms with E-state index in [0.29, 0.717) is 0 Å². The minimum Gasteiger partial charge on any atom is -0.0693 e. The van der Waals surface area contributed by atoms with Crippen LogP contribution in [0.4, 0.5) is 0 Å². The van der Waals surface area contributed by atoms with Gasteiger partial charge in [0.2, 0.25) is 0 Å². The van der Waals surface area contributed by atoms with Crippen molar-refractivity contribution in [3.63, 3.8) is 0 Å². The van der Waals surface area contributed by atoms with Crippen molar-refractivity contribution < 1.29 is 0 Å². The molecule has 0 saturated heterocycles. The molecular weight excluding hydrogens is 136 g/mol. The van der Waals surface area contributed by atoms with Crippen LogP contribution in [-0.2, 0) is 0 Å². The Morgan fingerprint density at radius 3 is 1.80 bits per heavy atom. The van der Waals surface area contributed by atoms with Gasteiger partial charge in [-0.1, -0.05) is 38.9 Å². The van der Waals surface area contributed by atoms with E-state index in [-0.39, 0.29) is 0 Å². The average Bonchev–Trinajstić information content (AvgIpc) is 2.30. The van der Waals surface area contributed by atoms with Gasteiger partial charge in [0, 0.05) is 8.07 Å². The fraction of sp³-hybridized carbons (Fsp3) is 1.00. The summed E-state index contributed by atoms with van der Waals surface area (Å²) in [4.78, 5) is 0. The van der Waals surface area contributed by atoms with Crippen molar-refractivity contribution in [2.24, 2.45) is 11.8 Å². The van der Waals surface area contributed by atoms with Crippen LogP contribution >= 0.6 is 0 Å². The smallest absolute Gasteiger partial charge is 0.0479 e. The fourth-order valence-corrected chi connectivity index (χ4v) is 6.39. The van der Waals surface area contributed by atoms with E-state index in [2.05, 4.69) is 19.6 Å². The van der Waals surface area contributed by atoms with Gasteiger partial charge < -0.3 is 0 Å². The fourth-order valence-electron chi connectivity index (χ4n) is 3.11. The van der Waals surface area contributed by atoms with Crippen molar-refractivity contribution >= 4 is 8.07 Å². The van der Waals surface area contributed by atoms with Gasteiger partial charge in [-0.05, 0) is 17.4 Å². The summed E-state index contributed by atoms with van der Waals surface area (Å²) in [7, 11) is -0.719. The summed E-state index contributed by atoms with van der Waals surface area (Å²) in [6.45, 7) is 7.61. The Bertz CT molecular complexity index is 135. The molecule has 0 heterocycles. The van der Waals surface area contributed by atoms with E-state index in [1.807, 2.05) is 0 Å². The van der Waals surface area contributed by atoms with Crippen LogP contribution in [0.15, 0.2) is 0 Å². The Labute approximate surface area is 65.0 Å². The van der Waals surface area contributed by atoms with Gasteiger partial charge in [-0.3, -0.25) is 0 Å². The maximum absolute atomic E-state index is 2.54. The van der Waals surface area contributed by atoms with Crippen molar-refractivity contribution in [2.75, 3.05) is 0 Å². The molecule has 0 aromatic rings. The van der Waals surface area contributed by atoms with Crippen molar-refractivity contribution in [3.05, 3.63) is 0 Å². The average molecular weight is 154 g/mol. The van der Waals surface area contributed by atoms with Gasteiger partial charge in [0.1, 0.15) is 0 Å². The van der Waals surface area contributed by atoms with Crippen LogP contribution in [0.25, 0.3) is 0 Å². The van der Waals surface area contributed by atoms with E-state index >= 15 is 0 Å². The highest BCUT2D eigenvalue weighted by atomic mass is 28.3. The summed E-state index contributed by atoms with van der Waals surface area (Å²) in [6.07, 6.45) is 4.68. The largest absolute Gasteiger partial charge is 0.0693 e. The number of rotatable bonds is 1. The lowest BCUT2D eigenvalue weighted by Gasteiger charge is -2.17. The predicted octanol–water partition coefficient (Wildman–Crippen LogP) is 3.12. The number of hydrogen-bond acceptors (Lipinski definition) is 0. The molecule has 0 aromatic heterocycles. The SMILES string of the molecule is C[Si](C)(C)C1[C@H]2CCC[C@H]12. The Balaban J connectivity index is 2.01. The van der Waals surface area contributed by atoms with Crippen molar-refractivity contribution in [1.29, 1.82) is 0 Å². The third-order valence-electron chi connectivity index (χ3n) is 3.41. The van der Waals surface area contributed by atoms with Gasteiger partial charge in [-0.25, -0.2) is 0 Å². The quantitative estimate of drug-likeness (QED) is 0.509. The molecule has 10 heavy (non-hydrogen) atoms. The third-order valence-corrected chi connectivity index (χ3v) is 6.26. The highest BCUT2D eigenvalue weighted by molar-refractivity contribution is 6.78. The summed E-state index contributed by atoms with van der Waals surface area (Å²) >= 11 is 0. The van der Waals surface area contributed by atoms with E-state index in [0.717, 1.165) is 0 Å². The summed E-state index contributed by atoms with van der Waals surface area (Å²) < 4.78 is 0. The molecule has 2 fully saturated rings. The van der Waals surface area contributed by atoms with E-state index in [1.54, 1.807) is 12.8 Å². The molecule has 0 nitrogen and oxygen atoms in total. The minimum absolute atomic E-state index is 0.719. The van der Waals surface area contributed by atoms with Gasteiger partial charge in [0.05, 0.1) is 0 Å². The third kappa shape index (κ3) is 0.867. The minimum atomic E-state index is -0.719. The van der Waals surface area contributed by atoms with Gasteiger partial charge in [0.25, 0.3) is 0 Å². The number of hydrogen-bond donors (Lipinski definition) is 0. The zero-order valence-corrected chi connectivity index (χ0v) is 8.35. The second-order valence-corrected chi connectivity index (χ2v) is 10.5. The van der Waals surface area contributed by atoms with E-state index < -0.39 is 8.07 Å². The van der Waals surface area contributed by atoms with Gasteiger partial charge >= 0.3 is 0 Å². The lowest BCUT2D eigenvalue weighted by Crippen LogP contribution is -2.22. The molecule has 0 aromatic carbocycles. The first-order valence-electron chi connectivity index (χ1n) is 4.61. The maximum Gasteiger partial charge on any atom is 0.0479 e. The predicted molar refractivity (Wildman–Crippen MR) is 47.9 cm³/mol. The molecule has 0 unspecified atom stereocenters. The molecule has 0 N–H and O–H groups in total. The molecule has 0 radical (unpaired) electrons. The van der Waals surface area contributed by atoms with E-state index in [4.69, 9.17) is 0 Å². The normalized spacial score (nSPS) is 45.3. The molecule has 2 saturated carbocycles. The van der Waals surface area contributed by atoms with Gasteiger partial charge in [-0.15, -0.1) is 0 Å². The lowest BCUT2D eigenvalue weighted by molar-refractivity contribution is 0.724. The lowest BCUT2D eigenvalue weighted by atomic mass is 10.2. The molecule has 1 heteroatoms. The summed E-state index contributed by atoms with van der Waals surface area (Å²) in [5.74, 6) is 2.40. The van der Waals surface area contributed by atoms with Crippen LogP contribution in [0.2, 0.25) is 25.2 Å². The summed E-state index contributed by atoms with van der Waals surface area (Å²) in [5.41, 5.74) is 1.22. The summed E-state index contributed by atoms with van der Waals surface area (Å²) in [5, 5.41) is 0. The van der Waals surface area contributed by atoms with Crippen LogP contribution < -0.4 is 0 Å². The molecule has 0 aliphatic heterocycles. The van der Waals surface area contributed by atoms with Gasteiger partial charge in [-0.2, -0.15) is 0 Å². The molecule has 0 amide bonds. The van der Waals surface area contributed by atoms with Crippen LogP contribution in [0.1, 0.15) is 19.3 Å².